The zero-order valence-corrected chi connectivity index (χ0v) is 44.3. The van der Waals surface area contributed by atoms with Crippen molar-refractivity contribution >= 4 is 52.3 Å². The van der Waals surface area contributed by atoms with Crippen molar-refractivity contribution in [1.82, 2.24) is 25.3 Å². The van der Waals surface area contributed by atoms with Gasteiger partial charge in [0.15, 0.2) is 18.1 Å². The average molecular weight is 992 g/mol. The van der Waals surface area contributed by atoms with Crippen LogP contribution in [0.1, 0.15) is 107 Å². The van der Waals surface area contributed by atoms with E-state index in [0.717, 1.165) is 94.9 Å². The summed E-state index contributed by atoms with van der Waals surface area (Å²) >= 11 is 0. The number of rotatable bonds is 10. The number of H-pyrrole nitrogens is 2. The number of benzene rings is 5. The topological polar surface area (TPSA) is 136 Å². The van der Waals surface area contributed by atoms with Crippen molar-refractivity contribution < 1.29 is 19.7 Å². The van der Waals surface area contributed by atoms with E-state index in [2.05, 4.69) is 199 Å². The van der Waals surface area contributed by atoms with Gasteiger partial charge in [-0.25, -0.2) is 9.97 Å². The zero-order valence-electron chi connectivity index (χ0n) is 44.3. The second kappa shape index (κ2) is 19.8. The summed E-state index contributed by atoms with van der Waals surface area (Å²) in [4.78, 5) is 31.7. The molecule has 5 heterocycles. The summed E-state index contributed by atoms with van der Waals surface area (Å²) < 4.78 is 5.99. The molecule has 0 atom stereocenters. The van der Waals surface area contributed by atoms with E-state index < -0.39 is 0 Å². The smallest absolute Gasteiger partial charge is 0.257 e. The molecule has 75 heavy (non-hydrogen) atoms. The molecule has 0 saturated carbocycles. The number of carbonyl (C=O) groups excluding carboxylic acids is 1. The van der Waals surface area contributed by atoms with E-state index in [1.807, 2.05) is 24.3 Å². The highest BCUT2D eigenvalue weighted by atomic mass is 16.5. The molecule has 5 aromatic carbocycles. The number of nitrogens with one attached hydrogen (secondary N) is 3. The van der Waals surface area contributed by atoms with Gasteiger partial charge in [0.25, 0.3) is 5.91 Å². The third kappa shape index (κ3) is 10.7. The first-order chi connectivity index (χ1) is 35.8. The number of nitrogens with zero attached hydrogens (tertiary/aromatic N) is 2. The molecule has 10 rings (SSSR count). The van der Waals surface area contributed by atoms with Gasteiger partial charge in [-0.1, -0.05) is 153 Å². The van der Waals surface area contributed by atoms with Crippen LogP contribution >= 0.6 is 0 Å². The number of carbonyl (C=O) groups is 1. The average Bonchev–Trinajstić information content (AvgIpc) is 4.23. The van der Waals surface area contributed by atoms with Crippen LogP contribution in [0.4, 0.5) is 0 Å². The van der Waals surface area contributed by atoms with Crippen molar-refractivity contribution in [1.29, 1.82) is 0 Å². The third-order valence-electron chi connectivity index (χ3n) is 14.2. The highest BCUT2D eigenvalue weighted by Crippen LogP contribution is 2.40. The van der Waals surface area contributed by atoms with Crippen LogP contribution in [0.3, 0.4) is 0 Å². The number of aromatic nitrogens is 4. The van der Waals surface area contributed by atoms with Crippen LogP contribution in [0.2, 0.25) is 0 Å². The quantitative estimate of drug-likeness (QED) is 0.0866. The highest BCUT2D eigenvalue weighted by molar-refractivity contribution is 6.00. The van der Waals surface area contributed by atoms with Gasteiger partial charge in [-0.05, 0) is 140 Å². The van der Waals surface area contributed by atoms with Crippen LogP contribution in [0.5, 0.6) is 17.2 Å². The van der Waals surface area contributed by atoms with Crippen LogP contribution < -0.4 is 10.1 Å². The number of ether oxygens (including phenoxy) is 1. The molecular weight excluding hydrogens is 927 g/mol. The second-order valence-corrected chi connectivity index (χ2v) is 22.7. The fourth-order valence-electron chi connectivity index (χ4n) is 9.82. The van der Waals surface area contributed by atoms with Crippen LogP contribution in [-0.4, -0.2) is 49.2 Å². The zero-order chi connectivity index (χ0) is 52.8. The van der Waals surface area contributed by atoms with Crippen molar-refractivity contribution in [3.8, 4) is 61.8 Å². The summed E-state index contributed by atoms with van der Waals surface area (Å²) in [5.41, 5.74) is 19.4. The summed E-state index contributed by atoms with van der Waals surface area (Å²) in [7, 11) is 0. The largest absolute Gasteiger partial charge is 0.504 e. The molecule has 1 amide bonds. The maximum atomic E-state index is 12.9. The minimum absolute atomic E-state index is 0.00524. The van der Waals surface area contributed by atoms with Crippen molar-refractivity contribution in [2.75, 3.05) is 13.2 Å². The molecule has 378 valence electrons. The van der Waals surface area contributed by atoms with Crippen molar-refractivity contribution in [2.24, 2.45) is 0 Å². The standard InChI is InChI=1S/C66H65N5O4/c1-64(2,3)45-19-11-41(12-20-45)60-49-27-29-51(68-49)61(42-13-21-46(22-14-42)65(4,5)6)53-31-33-55(70-53)63(44-17-25-48(26-18-44)75-39-59(74)67-37-36-40-10-35-57(72)58(73)38-40)56-34-32-54(71-56)62(52-30-28-50(60)69-52)43-15-23-47(24-16-43)66(7,8)9/h10-35,38,68,71-73H,36-37,39H2,1-9H3,(H,67,74). The molecule has 3 aromatic heterocycles. The highest BCUT2D eigenvalue weighted by Gasteiger charge is 2.22. The van der Waals surface area contributed by atoms with Gasteiger partial charge in [-0.3, -0.25) is 4.79 Å². The van der Waals surface area contributed by atoms with Gasteiger partial charge >= 0.3 is 0 Å². The third-order valence-corrected chi connectivity index (χ3v) is 14.2. The lowest BCUT2D eigenvalue weighted by molar-refractivity contribution is -0.123. The van der Waals surface area contributed by atoms with Gasteiger partial charge in [0.2, 0.25) is 0 Å². The molecule has 8 aromatic rings. The minimum atomic E-state index is -0.272. The normalized spacial score (nSPS) is 12.5. The van der Waals surface area contributed by atoms with Gasteiger partial charge in [0, 0.05) is 50.9 Å². The number of hydrogen-bond acceptors (Lipinski definition) is 6. The molecule has 9 nitrogen and oxygen atoms in total. The molecule has 0 fully saturated rings. The minimum Gasteiger partial charge on any atom is -0.504 e. The number of amides is 1. The van der Waals surface area contributed by atoms with Crippen LogP contribution in [-0.2, 0) is 27.5 Å². The van der Waals surface area contributed by atoms with Crippen molar-refractivity contribution in [2.45, 2.75) is 85.0 Å². The maximum Gasteiger partial charge on any atom is 0.257 e. The Kier molecular flexibility index (Phi) is 13.2. The summed E-state index contributed by atoms with van der Waals surface area (Å²) in [6, 6.07) is 47.6. The Labute approximate surface area is 439 Å². The number of phenols is 2. The van der Waals surface area contributed by atoms with E-state index in [1.165, 1.54) is 28.8 Å². The van der Waals surface area contributed by atoms with E-state index in [4.69, 9.17) is 14.7 Å². The summed E-state index contributed by atoms with van der Waals surface area (Å²) in [6.45, 7) is 20.3. The Morgan fingerprint density at radius 2 is 0.813 bits per heavy atom. The number of hydrogen-bond donors (Lipinski definition) is 5. The Morgan fingerprint density at radius 1 is 0.467 bits per heavy atom. The number of aromatic hydroxyl groups is 2. The number of aromatic amines is 2. The van der Waals surface area contributed by atoms with E-state index in [9.17, 15) is 15.0 Å². The lowest BCUT2D eigenvalue weighted by atomic mass is 9.86. The maximum absolute atomic E-state index is 12.9. The molecular formula is C66H65N5O4. The first-order valence-electron chi connectivity index (χ1n) is 25.8. The van der Waals surface area contributed by atoms with Crippen LogP contribution in [0.15, 0.2) is 140 Å². The first-order valence-corrected chi connectivity index (χ1v) is 25.8. The summed E-state index contributed by atoms with van der Waals surface area (Å²) in [5, 5.41) is 22.4. The van der Waals surface area contributed by atoms with E-state index in [0.29, 0.717) is 18.7 Å². The molecule has 0 radical (unpaired) electrons. The molecule has 0 saturated heterocycles. The molecule has 0 spiro atoms. The van der Waals surface area contributed by atoms with Gasteiger partial charge in [0.1, 0.15) is 5.75 Å². The van der Waals surface area contributed by atoms with Gasteiger partial charge in [0.05, 0.1) is 22.8 Å². The van der Waals surface area contributed by atoms with Crippen molar-refractivity contribution in [3.63, 3.8) is 0 Å². The summed E-state index contributed by atoms with van der Waals surface area (Å²) in [6.07, 6.45) is 8.97. The predicted octanol–water partition coefficient (Wildman–Crippen LogP) is 15.4. The van der Waals surface area contributed by atoms with Gasteiger partial charge in [-0.15, -0.1) is 0 Å². The predicted molar refractivity (Wildman–Crippen MR) is 309 cm³/mol. The summed E-state index contributed by atoms with van der Waals surface area (Å²) in [5.74, 6) is -0.104. The molecule has 9 heteroatoms. The Bertz CT molecular complexity index is 3630. The Hall–Kier alpha value is -8.43. The fraction of sp³-hybridized carbons (Fsp3) is 0.227. The Morgan fingerprint density at radius 3 is 1.15 bits per heavy atom. The molecule has 0 aliphatic carbocycles. The molecule has 0 unspecified atom stereocenters. The molecule has 5 N–H and O–H groups in total. The van der Waals surface area contributed by atoms with E-state index in [1.54, 1.807) is 6.07 Å². The first kappa shape index (κ1) is 50.1. The fourth-order valence-corrected chi connectivity index (χ4v) is 9.82. The Balaban J connectivity index is 1.15. The lowest BCUT2D eigenvalue weighted by Crippen LogP contribution is -2.30. The molecule has 8 bridgehead atoms. The van der Waals surface area contributed by atoms with Crippen molar-refractivity contribution in [3.05, 3.63) is 185 Å². The van der Waals surface area contributed by atoms with Gasteiger partial charge in [-0.2, -0.15) is 0 Å². The SMILES string of the molecule is CC(C)(C)c1ccc(-c2c3nc(c(-c4ccc(C(C)(C)C)cc4)c4ccc([nH]4)c(-c4ccc(C(C)(C)C)cc4)c4nc(c(-c5ccc(OCC(=O)NCCc6ccc(O)c(O)c6)cc5)c5ccc2[nH]5)C=C4)C=C3)cc1. The van der Waals surface area contributed by atoms with Crippen LogP contribution in [0.25, 0.3) is 90.9 Å². The van der Waals surface area contributed by atoms with Gasteiger partial charge < -0.3 is 30.2 Å². The lowest BCUT2D eigenvalue weighted by Gasteiger charge is -2.19. The number of phenolic OH excluding ortho intramolecular Hbond substituents is 2. The molecule has 2 aliphatic rings. The number of fused-ring (bicyclic) bond motifs is 8. The second-order valence-electron chi connectivity index (χ2n) is 22.7. The monoisotopic (exact) mass is 992 g/mol. The van der Waals surface area contributed by atoms with E-state index >= 15 is 0 Å². The van der Waals surface area contributed by atoms with Crippen LogP contribution in [0, 0.1) is 0 Å². The van der Waals surface area contributed by atoms with E-state index in [-0.39, 0.29) is 40.3 Å². The molecule has 2 aliphatic heterocycles.